The summed E-state index contributed by atoms with van der Waals surface area (Å²) in [6.07, 6.45) is -38.7. The SMILES string of the molecule is C=C(CCC(F)(F)OC(F)(F)C(F)(F)OC(F)(F)C(F)(F)C(F)(F)C(F)(F)F)C(=O)O. The van der Waals surface area contributed by atoms with Gasteiger partial charge < -0.3 is 5.11 Å². The summed E-state index contributed by atoms with van der Waals surface area (Å²) < 4.78 is 194. The van der Waals surface area contributed by atoms with Crippen molar-refractivity contribution in [3.05, 3.63) is 12.2 Å². The summed E-state index contributed by atoms with van der Waals surface area (Å²) in [7, 11) is 0. The van der Waals surface area contributed by atoms with E-state index in [1.807, 2.05) is 0 Å². The van der Waals surface area contributed by atoms with Gasteiger partial charge >= 0.3 is 48.4 Å². The van der Waals surface area contributed by atoms with Gasteiger partial charge in [0.05, 0.1) is 0 Å². The Morgan fingerprint density at radius 2 is 1.06 bits per heavy atom. The van der Waals surface area contributed by atoms with E-state index in [2.05, 4.69) is 11.3 Å². The maximum absolute atomic E-state index is 13.2. The summed E-state index contributed by atoms with van der Waals surface area (Å²) in [5.74, 6) is -17.7. The van der Waals surface area contributed by atoms with Gasteiger partial charge in [-0.05, 0) is 6.42 Å². The van der Waals surface area contributed by atoms with Gasteiger partial charge in [0, 0.05) is 12.0 Å². The van der Waals surface area contributed by atoms with Gasteiger partial charge in [0.25, 0.3) is 0 Å². The zero-order valence-corrected chi connectivity index (χ0v) is 14.0. The number of carbonyl (C=O) groups is 1. The molecule has 184 valence electrons. The monoisotopic (exact) mass is 500 g/mol. The summed E-state index contributed by atoms with van der Waals surface area (Å²) in [5.41, 5.74) is -1.12. The lowest BCUT2D eigenvalue weighted by Gasteiger charge is -2.36. The van der Waals surface area contributed by atoms with Crippen LogP contribution in [0, 0.1) is 0 Å². The lowest BCUT2D eigenvalue weighted by molar-refractivity contribution is -0.542. The molecule has 0 saturated heterocycles. The number of halogens is 15. The van der Waals surface area contributed by atoms with Crippen LogP contribution in [0.4, 0.5) is 65.9 Å². The summed E-state index contributed by atoms with van der Waals surface area (Å²) in [6, 6.07) is 0. The van der Waals surface area contributed by atoms with Gasteiger partial charge in [-0.15, -0.1) is 0 Å². The standard InChI is InChI=1S/C12H7F15O4/c1-4(5(28)29)2-3-6(13,14)30-11(24,25)12(26,27)31-10(22,23)8(17,18)7(15,16)9(19,20)21/h1-3H2,(H,28,29). The maximum Gasteiger partial charge on any atom is 0.460 e. The van der Waals surface area contributed by atoms with Crippen molar-refractivity contribution < 1.29 is 85.2 Å². The molecule has 0 radical (unpaired) electrons. The number of alkyl halides is 15. The first kappa shape index (κ1) is 29.1. The van der Waals surface area contributed by atoms with Crippen LogP contribution in [-0.2, 0) is 14.3 Å². The third-order valence-corrected chi connectivity index (χ3v) is 3.01. The fourth-order valence-corrected chi connectivity index (χ4v) is 1.35. The van der Waals surface area contributed by atoms with E-state index >= 15 is 0 Å². The average Bonchev–Trinajstić information content (AvgIpc) is 2.48. The fourth-order valence-electron chi connectivity index (χ4n) is 1.35. The second-order valence-electron chi connectivity index (χ2n) is 5.45. The zero-order chi connectivity index (χ0) is 25.5. The first-order valence-electron chi connectivity index (χ1n) is 6.89. The highest BCUT2D eigenvalue weighted by atomic mass is 19.4. The van der Waals surface area contributed by atoms with Crippen LogP contribution in [0.25, 0.3) is 0 Å². The van der Waals surface area contributed by atoms with Crippen LogP contribution in [0.1, 0.15) is 12.8 Å². The molecule has 0 aromatic heterocycles. The molecular formula is C12H7F15O4. The molecule has 0 aliphatic rings. The molecule has 0 unspecified atom stereocenters. The first-order chi connectivity index (χ1) is 13.2. The van der Waals surface area contributed by atoms with E-state index in [0.29, 0.717) is 0 Å². The molecule has 0 fully saturated rings. The molecule has 0 aromatic carbocycles. The Balaban J connectivity index is 5.74. The van der Waals surface area contributed by atoms with Gasteiger partial charge in [-0.25, -0.2) is 14.3 Å². The van der Waals surface area contributed by atoms with Gasteiger partial charge in [-0.1, -0.05) is 6.58 Å². The third-order valence-electron chi connectivity index (χ3n) is 3.01. The molecule has 0 atom stereocenters. The molecule has 4 nitrogen and oxygen atoms in total. The van der Waals surface area contributed by atoms with Crippen LogP contribution < -0.4 is 0 Å². The van der Waals surface area contributed by atoms with Gasteiger partial charge in [-0.3, -0.25) is 0 Å². The number of aliphatic carboxylic acids is 1. The van der Waals surface area contributed by atoms with Gasteiger partial charge in [0.15, 0.2) is 0 Å². The number of hydrogen-bond donors (Lipinski definition) is 1. The number of ether oxygens (including phenoxy) is 2. The van der Waals surface area contributed by atoms with E-state index in [-0.39, 0.29) is 0 Å². The van der Waals surface area contributed by atoms with Crippen LogP contribution in [0.3, 0.4) is 0 Å². The van der Waals surface area contributed by atoms with Crippen molar-refractivity contribution in [3.63, 3.8) is 0 Å². The first-order valence-corrected chi connectivity index (χ1v) is 6.89. The maximum atomic E-state index is 13.2. The molecule has 31 heavy (non-hydrogen) atoms. The van der Waals surface area contributed by atoms with Crippen molar-refractivity contribution in [1.29, 1.82) is 0 Å². The molecule has 0 heterocycles. The molecule has 0 saturated carbocycles. The van der Waals surface area contributed by atoms with Crippen molar-refractivity contribution in [2.24, 2.45) is 0 Å². The molecule has 0 rings (SSSR count). The quantitative estimate of drug-likeness (QED) is 0.295. The number of rotatable bonds is 11. The zero-order valence-electron chi connectivity index (χ0n) is 14.0. The number of carboxylic acid groups (broad SMARTS) is 1. The minimum absolute atomic E-state index is 1.12. The Hall–Kier alpha value is -1.92. The van der Waals surface area contributed by atoms with Crippen molar-refractivity contribution in [2.75, 3.05) is 0 Å². The largest absolute Gasteiger partial charge is 0.478 e. The van der Waals surface area contributed by atoms with Crippen LogP contribution >= 0.6 is 0 Å². The van der Waals surface area contributed by atoms with Crippen molar-refractivity contribution in [3.8, 4) is 0 Å². The molecule has 19 heteroatoms. The van der Waals surface area contributed by atoms with E-state index in [9.17, 15) is 70.7 Å². The highest BCUT2D eigenvalue weighted by Gasteiger charge is 2.85. The summed E-state index contributed by atoms with van der Waals surface area (Å²) in [6.45, 7) is 2.63. The molecule has 0 aromatic rings. The predicted molar refractivity (Wildman–Crippen MR) is 63.9 cm³/mol. The van der Waals surface area contributed by atoms with Crippen molar-refractivity contribution in [1.82, 2.24) is 0 Å². The van der Waals surface area contributed by atoms with Gasteiger partial charge in [0.2, 0.25) is 0 Å². The smallest absolute Gasteiger partial charge is 0.460 e. The predicted octanol–water partition coefficient (Wildman–Crippen LogP) is 5.64. The minimum Gasteiger partial charge on any atom is -0.478 e. The Morgan fingerprint density at radius 3 is 1.42 bits per heavy atom. The molecule has 0 aliphatic carbocycles. The molecular weight excluding hydrogens is 493 g/mol. The van der Waals surface area contributed by atoms with Crippen LogP contribution in [-0.4, -0.2) is 53.5 Å². The Morgan fingerprint density at radius 1 is 0.677 bits per heavy atom. The Kier molecular flexibility index (Phi) is 7.70. The fraction of sp³-hybridized carbons (Fsp3) is 0.750. The van der Waals surface area contributed by atoms with E-state index in [1.165, 1.54) is 4.74 Å². The lowest BCUT2D eigenvalue weighted by atomic mass is 10.1. The van der Waals surface area contributed by atoms with Crippen LogP contribution in [0.15, 0.2) is 12.2 Å². The molecule has 0 bridgehead atoms. The van der Waals surface area contributed by atoms with E-state index in [4.69, 9.17) is 5.11 Å². The van der Waals surface area contributed by atoms with Crippen molar-refractivity contribution >= 4 is 5.97 Å². The van der Waals surface area contributed by atoms with E-state index in [1.54, 1.807) is 0 Å². The molecule has 1 N–H and O–H groups in total. The Bertz CT molecular complexity index is 682. The summed E-state index contributed by atoms with van der Waals surface area (Å²) in [5, 5.41) is 8.30. The number of carboxylic acids is 1. The molecule has 0 spiro atoms. The minimum atomic E-state index is -7.93. The molecule has 0 amide bonds. The molecule has 0 aliphatic heterocycles. The highest BCUT2D eigenvalue weighted by Crippen LogP contribution is 2.56. The van der Waals surface area contributed by atoms with Crippen LogP contribution in [0.2, 0.25) is 0 Å². The van der Waals surface area contributed by atoms with Gasteiger partial charge in [0.1, 0.15) is 0 Å². The van der Waals surface area contributed by atoms with E-state index in [0.717, 1.165) is 0 Å². The number of hydrogen-bond acceptors (Lipinski definition) is 3. The normalized spacial score (nSPS) is 15.2. The van der Waals surface area contributed by atoms with Crippen molar-refractivity contribution in [2.45, 2.75) is 55.3 Å². The van der Waals surface area contributed by atoms with E-state index < -0.39 is 66.8 Å². The third kappa shape index (κ3) is 6.07. The van der Waals surface area contributed by atoms with Gasteiger partial charge in [-0.2, -0.15) is 65.9 Å². The second kappa shape index (κ2) is 8.21. The second-order valence-corrected chi connectivity index (χ2v) is 5.45. The lowest BCUT2D eigenvalue weighted by Crippen LogP contribution is -2.64. The summed E-state index contributed by atoms with van der Waals surface area (Å²) >= 11 is 0. The Labute approximate surface area is 160 Å². The highest BCUT2D eigenvalue weighted by molar-refractivity contribution is 5.85. The summed E-state index contributed by atoms with van der Waals surface area (Å²) in [4.78, 5) is 10.3. The topological polar surface area (TPSA) is 55.8 Å². The van der Waals surface area contributed by atoms with Crippen LogP contribution in [0.5, 0.6) is 0 Å². The average molecular weight is 500 g/mol.